The molecule has 1 N–H and O–H groups in total. The highest BCUT2D eigenvalue weighted by Gasteiger charge is 2.17. The Morgan fingerprint density at radius 2 is 1.91 bits per heavy atom. The number of carbonyl (C=O) groups excluding carboxylic acids is 1. The van der Waals surface area contributed by atoms with Crippen molar-refractivity contribution in [2.75, 3.05) is 16.8 Å². The van der Waals surface area contributed by atoms with E-state index in [4.69, 9.17) is 0 Å². The number of carbonyl (C=O) groups is 1. The number of nitrogens with one attached hydrogen (secondary N) is 1. The maximum absolute atomic E-state index is 11.6. The first-order valence-electron chi connectivity index (χ1n) is 7.60. The van der Waals surface area contributed by atoms with Crippen LogP contribution in [-0.4, -0.2) is 22.6 Å². The van der Waals surface area contributed by atoms with Crippen LogP contribution in [0.1, 0.15) is 25.0 Å². The van der Waals surface area contributed by atoms with Crippen molar-refractivity contribution in [2.45, 2.75) is 26.8 Å². The molecule has 0 atom stereocenters. The average Bonchev–Trinajstić information content (AvgIpc) is 2.55. The van der Waals surface area contributed by atoms with E-state index in [1.165, 1.54) is 11.1 Å². The second-order valence-corrected chi connectivity index (χ2v) is 5.86. The molecule has 1 amide bonds. The third-order valence-electron chi connectivity index (χ3n) is 3.88. The van der Waals surface area contributed by atoms with Crippen molar-refractivity contribution in [3.63, 3.8) is 0 Å². The van der Waals surface area contributed by atoms with Crippen LogP contribution in [0.15, 0.2) is 36.4 Å². The number of anilines is 2. The lowest BCUT2D eigenvalue weighted by Crippen LogP contribution is -2.31. The van der Waals surface area contributed by atoms with Gasteiger partial charge in [-0.15, -0.1) is 10.2 Å². The lowest BCUT2D eigenvalue weighted by atomic mass is 10.00. The van der Waals surface area contributed by atoms with Gasteiger partial charge in [0.05, 0.1) is 0 Å². The summed E-state index contributed by atoms with van der Waals surface area (Å²) in [6, 6.07) is 12.2. The van der Waals surface area contributed by atoms with Crippen LogP contribution in [0.25, 0.3) is 0 Å². The predicted molar refractivity (Wildman–Crippen MR) is 86.7 cm³/mol. The number of nitrogens with zero attached hydrogens (tertiary/aromatic N) is 3. The highest BCUT2D eigenvalue weighted by atomic mass is 16.1. The Morgan fingerprint density at radius 1 is 1.14 bits per heavy atom. The summed E-state index contributed by atoms with van der Waals surface area (Å²) in [5.74, 6) is 1.23. The maximum atomic E-state index is 11.6. The molecule has 22 heavy (non-hydrogen) atoms. The molecule has 1 aliphatic rings. The fraction of sp³-hybridized carbons (Fsp3) is 0.353. The summed E-state index contributed by atoms with van der Waals surface area (Å²) in [6.07, 6.45) is 1.02. The van der Waals surface area contributed by atoms with E-state index in [1.54, 1.807) is 0 Å². The molecule has 114 valence electrons. The number of aromatic nitrogens is 2. The molecule has 1 aliphatic heterocycles. The summed E-state index contributed by atoms with van der Waals surface area (Å²) < 4.78 is 0. The zero-order valence-electron chi connectivity index (χ0n) is 12.9. The molecule has 1 aromatic heterocycles. The van der Waals surface area contributed by atoms with Gasteiger partial charge in [0.15, 0.2) is 11.6 Å². The quantitative estimate of drug-likeness (QED) is 0.946. The molecule has 0 radical (unpaired) electrons. The zero-order valence-corrected chi connectivity index (χ0v) is 12.9. The number of fused-ring (bicyclic) bond motifs is 1. The van der Waals surface area contributed by atoms with Gasteiger partial charge in [0.2, 0.25) is 5.91 Å². The molecule has 0 saturated carbocycles. The number of rotatable bonds is 3. The van der Waals surface area contributed by atoms with Gasteiger partial charge in [0, 0.05) is 19.0 Å². The van der Waals surface area contributed by atoms with E-state index in [2.05, 4.69) is 44.7 Å². The van der Waals surface area contributed by atoms with E-state index in [1.807, 2.05) is 26.0 Å². The van der Waals surface area contributed by atoms with Crippen molar-refractivity contribution in [3.8, 4) is 0 Å². The molecule has 2 heterocycles. The van der Waals surface area contributed by atoms with E-state index in [-0.39, 0.29) is 11.8 Å². The van der Waals surface area contributed by atoms with Crippen LogP contribution in [-0.2, 0) is 17.8 Å². The Bertz CT molecular complexity index is 667. The minimum atomic E-state index is -0.0694. The fourth-order valence-electron chi connectivity index (χ4n) is 2.52. The van der Waals surface area contributed by atoms with Crippen molar-refractivity contribution >= 4 is 17.5 Å². The van der Waals surface area contributed by atoms with E-state index in [9.17, 15) is 4.79 Å². The van der Waals surface area contributed by atoms with Crippen LogP contribution in [0.5, 0.6) is 0 Å². The van der Waals surface area contributed by atoms with Crippen molar-refractivity contribution < 1.29 is 4.79 Å². The molecule has 0 fully saturated rings. The monoisotopic (exact) mass is 296 g/mol. The first-order chi connectivity index (χ1) is 10.6. The minimum Gasteiger partial charge on any atom is -0.350 e. The smallest absolute Gasteiger partial charge is 0.228 e. The summed E-state index contributed by atoms with van der Waals surface area (Å²) >= 11 is 0. The molecule has 5 nitrogen and oxygen atoms in total. The van der Waals surface area contributed by atoms with Crippen LogP contribution in [0.4, 0.5) is 11.6 Å². The van der Waals surface area contributed by atoms with Gasteiger partial charge in [-0.1, -0.05) is 38.1 Å². The van der Waals surface area contributed by atoms with Gasteiger partial charge in [-0.2, -0.15) is 0 Å². The Balaban J connectivity index is 1.70. The summed E-state index contributed by atoms with van der Waals surface area (Å²) in [5.41, 5.74) is 2.75. The summed E-state index contributed by atoms with van der Waals surface area (Å²) in [5, 5.41) is 11.1. The van der Waals surface area contributed by atoms with E-state index < -0.39 is 0 Å². The lowest BCUT2D eigenvalue weighted by Gasteiger charge is -2.29. The number of benzene rings is 1. The van der Waals surface area contributed by atoms with Crippen LogP contribution in [0.2, 0.25) is 0 Å². The minimum absolute atomic E-state index is 0.0473. The van der Waals surface area contributed by atoms with Crippen molar-refractivity contribution in [3.05, 3.63) is 47.5 Å². The molecule has 3 rings (SSSR count). The molecule has 0 unspecified atom stereocenters. The van der Waals surface area contributed by atoms with Crippen molar-refractivity contribution in [1.29, 1.82) is 0 Å². The van der Waals surface area contributed by atoms with Gasteiger partial charge in [-0.05, 0) is 29.7 Å². The van der Waals surface area contributed by atoms with E-state index >= 15 is 0 Å². The van der Waals surface area contributed by atoms with Gasteiger partial charge in [0.25, 0.3) is 0 Å². The first-order valence-corrected chi connectivity index (χ1v) is 7.60. The summed E-state index contributed by atoms with van der Waals surface area (Å²) in [4.78, 5) is 13.9. The summed E-state index contributed by atoms with van der Waals surface area (Å²) in [7, 11) is 0. The third kappa shape index (κ3) is 3.08. The third-order valence-corrected chi connectivity index (χ3v) is 3.88. The molecule has 0 aliphatic carbocycles. The average molecular weight is 296 g/mol. The zero-order chi connectivity index (χ0) is 15.5. The molecular weight excluding hydrogens is 276 g/mol. The van der Waals surface area contributed by atoms with Gasteiger partial charge >= 0.3 is 0 Å². The van der Waals surface area contributed by atoms with Crippen molar-refractivity contribution in [2.24, 2.45) is 5.92 Å². The molecule has 0 spiro atoms. The van der Waals surface area contributed by atoms with Gasteiger partial charge < -0.3 is 10.2 Å². The highest BCUT2D eigenvalue weighted by molar-refractivity contribution is 5.91. The largest absolute Gasteiger partial charge is 0.350 e. The second-order valence-electron chi connectivity index (χ2n) is 5.86. The second kappa shape index (κ2) is 6.13. The van der Waals surface area contributed by atoms with Gasteiger partial charge in [-0.3, -0.25) is 4.79 Å². The molecule has 1 aromatic carbocycles. The highest BCUT2D eigenvalue weighted by Crippen LogP contribution is 2.22. The molecule has 5 heteroatoms. The normalized spacial score (nSPS) is 13.9. The van der Waals surface area contributed by atoms with Gasteiger partial charge in [-0.25, -0.2) is 0 Å². The number of amides is 1. The first kappa shape index (κ1) is 14.5. The van der Waals surface area contributed by atoms with Gasteiger partial charge in [0.1, 0.15) is 0 Å². The summed E-state index contributed by atoms with van der Waals surface area (Å²) in [6.45, 7) is 5.48. The number of hydrogen-bond acceptors (Lipinski definition) is 4. The lowest BCUT2D eigenvalue weighted by molar-refractivity contribution is -0.118. The van der Waals surface area contributed by atoms with E-state index in [0.717, 1.165) is 25.3 Å². The van der Waals surface area contributed by atoms with Crippen LogP contribution >= 0.6 is 0 Å². The topological polar surface area (TPSA) is 58.1 Å². The Kier molecular flexibility index (Phi) is 4.04. The van der Waals surface area contributed by atoms with Crippen LogP contribution in [0, 0.1) is 5.92 Å². The van der Waals surface area contributed by atoms with Crippen LogP contribution < -0.4 is 10.2 Å². The Labute approximate surface area is 130 Å². The predicted octanol–water partition coefficient (Wildman–Crippen LogP) is 2.63. The van der Waals surface area contributed by atoms with E-state index in [0.29, 0.717) is 5.82 Å². The number of hydrogen-bond donors (Lipinski definition) is 1. The molecular formula is C17H20N4O. The van der Waals surface area contributed by atoms with Crippen molar-refractivity contribution in [1.82, 2.24) is 10.2 Å². The standard InChI is InChI=1S/C17H20N4O/c1-12(2)17(22)18-15-7-8-16(20-19-15)21-10-9-13-5-3-4-6-14(13)11-21/h3-8,12H,9-11H2,1-2H3,(H,18,19,22). The Hall–Kier alpha value is -2.43. The SMILES string of the molecule is CC(C)C(=O)Nc1ccc(N2CCc3ccccc3C2)nn1. The fourth-order valence-corrected chi connectivity index (χ4v) is 2.52. The maximum Gasteiger partial charge on any atom is 0.228 e. The molecule has 2 aromatic rings. The molecule has 0 bridgehead atoms. The Morgan fingerprint density at radius 3 is 2.59 bits per heavy atom. The van der Waals surface area contributed by atoms with Crippen LogP contribution in [0.3, 0.4) is 0 Å². The molecule has 0 saturated heterocycles.